The maximum Gasteiger partial charge on any atom is 0.185 e. The fraction of sp³-hybridized carbons (Fsp3) is 0.0667. The molecule has 0 aliphatic heterocycles. The third-order valence-corrected chi connectivity index (χ3v) is 4.55. The molecule has 2 rings (SSSR count). The Hall–Kier alpha value is -0.970. The van der Waals surface area contributed by atoms with Crippen LogP contribution in [0, 0.1) is 20.7 Å². The van der Waals surface area contributed by atoms with Gasteiger partial charge in [-0.3, -0.25) is 4.79 Å². The van der Waals surface area contributed by atoms with E-state index in [0.717, 1.165) is 9.64 Å². The second kappa shape index (κ2) is 6.86. The van der Waals surface area contributed by atoms with Crippen LogP contribution in [0.15, 0.2) is 40.9 Å². The lowest BCUT2D eigenvalue weighted by Crippen LogP contribution is -2.13. The van der Waals surface area contributed by atoms with Crippen LogP contribution in [-0.4, -0.2) is 5.78 Å². The molecule has 0 aromatic heterocycles. The van der Waals surface area contributed by atoms with Gasteiger partial charge in [-0.25, -0.2) is 4.39 Å². The maximum absolute atomic E-state index is 13.1. The van der Waals surface area contributed by atoms with Gasteiger partial charge in [-0.1, -0.05) is 33.6 Å². The molecule has 0 saturated heterocycles. The van der Waals surface area contributed by atoms with E-state index in [4.69, 9.17) is 11.6 Å². The number of benzene rings is 2. The van der Waals surface area contributed by atoms with Gasteiger partial charge in [-0.2, -0.15) is 5.26 Å². The van der Waals surface area contributed by atoms with Crippen molar-refractivity contribution < 1.29 is 9.18 Å². The van der Waals surface area contributed by atoms with Gasteiger partial charge in [0.2, 0.25) is 0 Å². The smallest absolute Gasteiger partial charge is 0.185 e. The lowest BCUT2D eigenvalue weighted by Gasteiger charge is -2.12. The fourth-order valence-electron chi connectivity index (χ4n) is 1.85. The first-order valence-corrected chi connectivity index (χ1v) is 8.03. The maximum atomic E-state index is 13.1. The molecule has 106 valence electrons. The first kappa shape index (κ1) is 16.4. The number of hydrogen-bond acceptors (Lipinski definition) is 2. The topological polar surface area (TPSA) is 40.9 Å². The first-order valence-electron chi connectivity index (χ1n) is 5.78. The largest absolute Gasteiger partial charge is 0.292 e. The molecule has 0 aliphatic rings. The van der Waals surface area contributed by atoms with Crippen LogP contribution in [0.5, 0.6) is 0 Å². The molecule has 0 aliphatic carbocycles. The van der Waals surface area contributed by atoms with Crippen molar-refractivity contribution in [2.45, 2.75) is 5.92 Å². The van der Waals surface area contributed by atoms with Gasteiger partial charge in [0.15, 0.2) is 5.78 Å². The molecular formula is C15H7BrClFINO. The normalized spacial score (nSPS) is 11.8. The van der Waals surface area contributed by atoms with E-state index in [1.165, 1.54) is 12.1 Å². The average Bonchev–Trinajstić information content (AvgIpc) is 2.44. The standard InChI is InChI=1S/C15H7BrClFINO/c16-13-4-2-9(19)6-11(13)15(21)12(7-20)10-3-1-8(18)5-14(10)17/h1-6,12H. The lowest BCUT2D eigenvalue weighted by atomic mass is 9.92. The third kappa shape index (κ3) is 3.62. The molecule has 0 heterocycles. The number of carbonyl (C=O) groups excluding carboxylic acids is 1. The van der Waals surface area contributed by atoms with Crippen LogP contribution in [0.25, 0.3) is 0 Å². The Bertz CT molecular complexity index is 760. The van der Waals surface area contributed by atoms with Crippen molar-refractivity contribution >= 4 is 55.9 Å². The van der Waals surface area contributed by atoms with Crippen molar-refractivity contribution in [3.05, 3.63) is 66.4 Å². The highest BCUT2D eigenvalue weighted by Gasteiger charge is 2.25. The molecule has 0 N–H and O–H groups in total. The quantitative estimate of drug-likeness (QED) is 0.442. The Kier molecular flexibility index (Phi) is 5.36. The number of hydrogen-bond donors (Lipinski definition) is 0. The predicted molar refractivity (Wildman–Crippen MR) is 91.0 cm³/mol. The summed E-state index contributed by atoms with van der Waals surface area (Å²) in [6.07, 6.45) is 0. The van der Waals surface area contributed by atoms with E-state index in [9.17, 15) is 14.4 Å². The minimum atomic E-state index is -1.08. The molecule has 2 nitrogen and oxygen atoms in total. The van der Waals surface area contributed by atoms with Crippen LogP contribution in [0.2, 0.25) is 5.02 Å². The Morgan fingerprint density at radius 1 is 1.33 bits per heavy atom. The van der Waals surface area contributed by atoms with Gasteiger partial charge in [0.25, 0.3) is 0 Å². The Morgan fingerprint density at radius 3 is 2.67 bits per heavy atom. The minimum Gasteiger partial charge on any atom is -0.292 e. The highest BCUT2D eigenvalue weighted by Crippen LogP contribution is 2.30. The van der Waals surface area contributed by atoms with Crippen LogP contribution in [0.3, 0.4) is 0 Å². The summed E-state index contributed by atoms with van der Waals surface area (Å²) in [6, 6.07) is 10.9. The Balaban J connectivity index is 2.49. The van der Waals surface area contributed by atoms with Gasteiger partial charge >= 0.3 is 0 Å². The molecule has 6 heteroatoms. The summed E-state index contributed by atoms with van der Waals surface area (Å²) in [4.78, 5) is 12.6. The second-order valence-electron chi connectivity index (χ2n) is 4.22. The van der Waals surface area contributed by atoms with E-state index < -0.39 is 11.7 Å². The van der Waals surface area contributed by atoms with Crippen molar-refractivity contribution in [3.63, 3.8) is 0 Å². The molecule has 0 amide bonds. The summed E-state index contributed by atoms with van der Waals surface area (Å²) in [5.74, 6) is -1.97. The molecule has 0 saturated carbocycles. The highest BCUT2D eigenvalue weighted by atomic mass is 127. The molecule has 0 bridgehead atoms. The molecule has 2 aromatic carbocycles. The van der Waals surface area contributed by atoms with E-state index in [0.29, 0.717) is 15.6 Å². The molecule has 0 fully saturated rings. The predicted octanol–water partition coefficient (Wildman–Crippen LogP) is 5.34. The zero-order chi connectivity index (χ0) is 15.6. The van der Waals surface area contributed by atoms with Crippen LogP contribution in [0.1, 0.15) is 21.8 Å². The van der Waals surface area contributed by atoms with Crippen LogP contribution in [-0.2, 0) is 0 Å². The summed E-state index contributed by atoms with van der Waals surface area (Å²) in [5, 5.41) is 9.39. The lowest BCUT2D eigenvalue weighted by molar-refractivity contribution is 0.0978. The number of rotatable bonds is 3. The average molecular weight is 478 g/mol. The zero-order valence-electron chi connectivity index (χ0n) is 10.4. The number of halogens is 4. The highest BCUT2D eigenvalue weighted by molar-refractivity contribution is 14.1. The number of ketones is 1. The summed E-state index contributed by atoms with van der Waals surface area (Å²) >= 11 is 11.3. The Labute approximate surface area is 148 Å². The number of carbonyl (C=O) groups is 1. The SMILES string of the molecule is N#CC(C(=O)c1cc(I)ccc1Br)c1ccc(F)cc1Cl. The van der Waals surface area contributed by atoms with E-state index in [-0.39, 0.29) is 10.8 Å². The monoisotopic (exact) mass is 477 g/mol. The molecule has 0 radical (unpaired) electrons. The third-order valence-electron chi connectivity index (χ3n) is 2.86. The van der Waals surface area contributed by atoms with Gasteiger partial charge in [-0.15, -0.1) is 0 Å². The van der Waals surface area contributed by atoms with Crippen molar-refractivity contribution in [2.24, 2.45) is 0 Å². The molecule has 1 atom stereocenters. The van der Waals surface area contributed by atoms with Crippen LogP contribution < -0.4 is 0 Å². The van der Waals surface area contributed by atoms with E-state index in [1.54, 1.807) is 12.1 Å². The van der Waals surface area contributed by atoms with Crippen molar-refractivity contribution in [3.8, 4) is 6.07 Å². The van der Waals surface area contributed by atoms with Crippen LogP contribution in [0.4, 0.5) is 4.39 Å². The molecule has 2 aromatic rings. The van der Waals surface area contributed by atoms with Gasteiger partial charge < -0.3 is 0 Å². The summed E-state index contributed by atoms with van der Waals surface area (Å²) < 4.78 is 14.6. The van der Waals surface area contributed by atoms with Gasteiger partial charge in [-0.05, 0) is 58.5 Å². The zero-order valence-corrected chi connectivity index (χ0v) is 14.9. The summed E-state index contributed by atoms with van der Waals surface area (Å²) in [7, 11) is 0. The minimum absolute atomic E-state index is 0.0663. The molecule has 0 spiro atoms. The van der Waals surface area contributed by atoms with E-state index in [2.05, 4.69) is 38.5 Å². The van der Waals surface area contributed by atoms with Gasteiger partial charge in [0.1, 0.15) is 11.7 Å². The number of nitriles is 1. The molecule has 1 unspecified atom stereocenters. The summed E-state index contributed by atoms with van der Waals surface area (Å²) in [6.45, 7) is 0. The number of Topliss-reactive ketones (excluding diaryl/α,β-unsaturated/α-hetero) is 1. The number of nitrogens with zero attached hydrogens (tertiary/aromatic N) is 1. The Morgan fingerprint density at radius 2 is 2.05 bits per heavy atom. The molecule has 21 heavy (non-hydrogen) atoms. The van der Waals surface area contributed by atoms with E-state index in [1.807, 2.05) is 12.1 Å². The van der Waals surface area contributed by atoms with Crippen molar-refractivity contribution in [1.29, 1.82) is 5.26 Å². The van der Waals surface area contributed by atoms with E-state index >= 15 is 0 Å². The summed E-state index contributed by atoms with van der Waals surface area (Å²) in [5.41, 5.74) is 0.699. The van der Waals surface area contributed by atoms with Gasteiger partial charge in [0, 0.05) is 18.6 Å². The van der Waals surface area contributed by atoms with Gasteiger partial charge in [0.05, 0.1) is 6.07 Å². The van der Waals surface area contributed by atoms with Crippen LogP contribution >= 0.6 is 50.1 Å². The molecular weight excluding hydrogens is 471 g/mol. The van der Waals surface area contributed by atoms with Crippen molar-refractivity contribution in [2.75, 3.05) is 0 Å². The fourth-order valence-corrected chi connectivity index (χ4v) is 3.06. The van der Waals surface area contributed by atoms with Crippen molar-refractivity contribution in [1.82, 2.24) is 0 Å². The first-order chi connectivity index (χ1) is 9.93. The second-order valence-corrected chi connectivity index (χ2v) is 6.72.